The highest BCUT2D eigenvalue weighted by Gasteiger charge is 2.25. The van der Waals surface area contributed by atoms with E-state index in [1.807, 2.05) is 6.92 Å². The van der Waals surface area contributed by atoms with Gasteiger partial charge < -0.3 is 5.11 Å². The van der Waals surface area contributed by atoms with Crippen LogP contribution in [0.1, 0.15) is 20.3 Å². The summed E-state index contributed by atoms with van der Waals surface area (Å²) < 4.78 is 37.1. The van der Waals surface area contributed by atoms with E-state index in [-0.39, 0.29) is 10.8 Å². The standard InChI is InChI=1S/C12H17FO3S/c1-3-9(2)11(14)8-17(15,16)12-7-5-4-6-10(12)13/h4-7,9,11,14H,3,8H2,1-2H3. The van der Waals surface area contributed by atoms with Gasteiger partial charge in [0.25, 0.3) is 0 Å². The minimum absolute atomic E-state index is 0.128. The normalized spacial score (nSPS) is 15.5. The molecule has 1 rings (SSSR count). The fourth-order valence-corrected chi connectivity index (χ4v) is 3.06. The van der Waals surface area contributed by atoms with Crippen molar-refractivity contribution in [2.45, 2.75) is 31.3 Å². The quantitative estimate of drug-likeness (QED) is 0.881. The molecule has 0 aliphatic carbocycles. The van der Waals surface area contributed by atoms with E-state index in [2.05, 4.69) is 0 Å². The molecule has 2 unspecified atom stereocenters. The van der Waals surface area contributed by atoms with Crippen LogP contribution < -0.4 is 0 Å². The molecular formula is C12H17FO3S. The summed E-state index contributed by atoms with van der Waals surface area (Å²) in [5.41, 5.74) is 0. The van der Waals surface area contributed by atoms with Crippen LogP contribution in [0.4, 0.5) is 4.39 Å². The topological polar surface area (TPSA) is 54.4 Å². The maximum absolute atomic E-state index is 13.4. The Hall–Kier alpha value is -0.940. The molecule has 0 bridgehead atoms. The number of sulfone groups is 1. The van der Waals surface area contributed by atoms with E-state index in [0.29, 0.717) is 6.42 Å². The lowest BCUT2D eigenvalue weighted by atomic mass is 10.0. The van der Waals surface area contributed by atoms with Gasteiger partial charge in [-0.15, -0.1) is 0 Å². The van der Waals surface area contributed by atoms with E-state index < -0.39 is 27.5 Å². The first kappa shape index (κ1) is 14.1. The van der Waals surface area contributed by atoms with Crippen molar-refractivity contribution in [2.75, 3.05) is 5.75 Å². The zero-order valence-electron chi connectivity index (χ0n) is 9.93. The molecule has 0 saturated heterocycles. The van der Waals surface area contributed by atoms with Gasteiger partial charge in [-0.05, 0) is 18.1 Å². The monoisotopic (exact) mass is 260 g/mol. The first-order valence-corrected chi connectivity index (χ1v) is 7.19. The van der Waals surface area contributed by atoms with E-state index in [9.17, 15) is 17.9 Å². The number of benzene rings is 1. The molecule has 96 valence electrons. The lowest BCUT2D eigenvalue weighted by Crippen LogP contribution is -2.27. The minimum Gasteiger partial charge on any atom is -0.392 e. The summed E-state index contributed by atoms with van der Waals surface area (Å²) in [4.78, 5) is -0.345. The molecule has 0 amide bonds. The van der Waals surface area contributed by atoms with Gasteiger partial charge in [0, 0.05) is 0 Å². The van der Waals surface area contributed by atoms with Crippen LogP contribution in [-0.4, -0.2) is 25.4 Å². The molecule has 0 spiro atoms. The lowest BCUT2D eigenvalue weighted by Gasteiger charge is -2.17. The Morgan fingerprint density at radius 1 is 1.35 bits per heavy atom. The Kier molecular flexibility index (Phi) is 4.65. The Balaban J connectivity index is 2.94. The van der Waals surface area contributed by atoms with Crippen molar-refractivity contribution in [2.24, 2.45) is 5.92 Å². The molecular weight excluding hydrogens is 243 g/mol. The Morgan fingerprint density at radius 3 is 2.47 bits per heavy atom. The first-order valence-electron chi connectivity index (χ1n) is 5.53. The number of rotatable bonds is 5. The van der Waals surface area contributed by atoms with E-state index in [0.717, 1.165) is 6.07 Å². The van der Waals surface area contributed by atoms with Crippen molar-refractivity contribution >= 4 is 9.84 Å². The number of hydrogen-bond donors (Lipinski definition) is 1. The van der Waals surface area contributed by atoms with Gasteiger partial charge in [-0.25, -0.2) is 12.8 Å². The van der Waals surface area contributed by atoms with Gasteiger partial charge in [-0.2, -0.15) is 0 Å². The second-order valence-electron chi connectivity index (χ2n) is 4.16. The highest BCUT2D eigenvalue weighted by atomic mass is 32.2. The summed E-state index contributed by atoms with van der Waals surface area (Å²) >= 11 is 0. The van der Waals surface area contributed by atoms with Gasteiger partial charge in [0.15, 0.2) is 9.84 Å². The number of aliphatic hydroxyl groups is 1. The Labute approximate surface area is 101 Å². The zero-order valence-corrected chi connectivity index (χ0v) is 10.7. The van der Waals surface area contributed by atoms with Crippen LogP contribution in [0.3, 0.4) is 0 Å². The van der Waals surface area contributed by atoms with Crippen LogP contribution in [-0.2, 0) is 9.84 Å². The molecule has 0 fully saturated rings. The van der Waals surface area contributed by atoms with Crippen LogP contribution in [0.5, 0.6) is 0 Å². The van der Waals surface area contributed by atoms with Crippen LogP contribution >= 0.6 is 0 Å². The summed E-state index contributed by atoms with van der Waals surface area (Å²) in [6.07, 6.45) is -0.293. The molecule has 1 N–H and O–H groups in total. The summed E-state index contributed by atoms with van der Waals surface area (Å²) in [6, 6.07) is 5.21. The van der Waals surface area contributed by atoms with Gasteiger partial charge in [0.05, 0.1) is 11.9 Å². The van der Waals surface area contributed by atoms with Gasteiger partial charge in [0.2, 0.25) is 0 Å². The second-order valence-corrected chi connectivity index (χ2v) is 6.17. The third-order valence-corrected chi connectivity index (χ3v) is 4.64. The molecule has 3 nitrogen and oxygen atoms in total. The van der Waals surface area contributed by atoms with Crippen molar-refractivity contribution in [3.8, 4) is 0 Å². The van der Waals surface area contributed by atoms with E-state index in [4.69, 9.17) is 0 Å². The maximum atomic E-state index is 13.4. The van der Waals surface area contributed by atoms with E-state index in [1.54, 1.807) is 6.92 Å². The van der Waals surface area contributed by atoms with Gasteiger partial charge in [0.1, 0.15) is 10.7 Å². The van der Waals surface area contributed by atoms with Crippen molar-refractivity contribution in [3.05, 3.63) is 30.1 Å². The molecule has 1 aromatic rings. The average Bonchev–Trinajstić information content (AvgIpc) is 2.27. The predicted molar refractivity (Wildman–Crippen MR) is 63.9 cm³/mol. The molecule has 5 heteroatoms. The van der Waals surface area contributed by atoms with Crippen LogP contribution in [0.25, 0.3) is 0 Å². The molecule has 17 heavy (non-hydrogen) atoms. The Bertz CT molecular complexity index is 470. The predicted octanol–water partition coefficient (Wildman–Crippen LogP) is 2.01. The summed E-state index contributed by atoms with van der Waals surface area (Å²) in [6.45, 7) is 3.63. The average molecular weight is 260 g/mol. The smallest absolute Gasteiger partial charge is 0.183 e. The summed E-state index contributed by atoms with van der Waals surface area (Å²) in [7, 11) is -3.77. The fraction of sp³-hybridized carbons (Fsp3) is 0.500. The SMILES string of the molecule is CCC(C)C(O)CS(=O)(=O)c1ccccc1F. The van der Waals surface area contributed by atoms with Crippen molar-refractivity contribution in [1.82, 2.24) is 0 Å². The third-order valence-electron chi connectivity index (χ3n) is 2.86. The van der Waals surface area contributed by atoms with Gasteiger partial charge in [-0.3, -0.25) is 0 Å². The molecule has 0 saturated carbocycles. The van der Waals surface area contributed by atoms with Crippen LogP contribution in [0, 0.1) is 11.7 Å². The minimum atomic E-state index is -3.77. The Morgan fingerprint density at radius 2 is 1.94 bits per heavy atom. The fourth-order valence-electron chi connectivity index (χ4n) is 1.45. The highest BCUT2D eigenvalue weighted by Crippen LogP contribution is 2.18. The largest absolute Gasteiger partial charge is 0.392 e. The van der Waals surface area contributed by atoms with Crippen molar-refractivity contribution in [1.29, 1.82) is 0 Å². The molecule has 2 atom stereocenters. The van der Waals surface area contributed by atoms with Crippen LogP contribution in [0.15, 0.2) is 29.2 Å². The first-order chi connectivity index (χ1) is 7.88. The molecule has 0 radical (unpaired) electrons. The van der Waals surface area contributed by atoms with Gasteiger partial charge >= 0.3 is 0 Å². The van der Waals surface area contributed by atoms with Gasteiger partial charge in [-0.1, -0.05) is 32.4 Å². The molecule has 0 aliphatic heterocycles. The second kappa shape index (κ2) is 5.60. The molecule has 0 aliphatic rings. The number of hydrogen-bond acceptors (Lipinski definition) is 3. The summed E-state index contributed by atoms with van der Waals surface area (Å²) in [5, 5.41) is 9.70. The van der Waals surface area contributed by atoms with E-state index in [1.165, 1.54) is 18.2 Å². The lowest BCUT2D eigenvalue weighted by molar-refractivity contribution is 0.135. The highest BCUT2D eigenvalue weighted by molar-refractivity contribution is 7.91. The zero-order chi connectivity index (χ0) is 13.1. The van der Waals surface area contributed by atoms with Crippen LogP contribution in [0.2, 0.25) is 0 Å². The van der Waals surface area contributed by atoms with E-state index >= 15 is 0 Å². The molecule has 0 aromatic heterocycles. The number of aliphatic hydroxyl groups excluding tert-OH is 1. The molecule has 0 heterocycles. The third kappa shape index (κ3) is 3.51. The molecule has 1 aromatic carbocycles. The number of halogens is 1. The maximum Gasteiger partial charge on any atom is 0.183 e. The van der Waals surface area contributed by atoms with Crippen molar-refractivity contribution < 1.29 is 17.9 Å². The summed E-state index contributed by atoms with van der Waals surface area (Å²) in [5.74, 6) is -1.34. The van der Waals surface area contributed by atoms with Crippen molar-refractivity contribution in [3.63, 3.8) is 0 Å².